The smallest absolute Gasteiger partial charge is 0.233 e. The topological polar surface area (TPSA) is 63.1 Å². The van der Waals surface area contributed by atoms with Crippen molar-refractivity contribution < 1.29 is 4.79 Å². The summed E-state index contributed by atoms with van der Waals surface area (Å²) in [7, 11) is 1.94. The van der Waals surface area contributed by atoms with Crippen molar-refractivity contribution in [2.45, 2.75) is 51.4 Å². The molecule has 1 aromatic heterocycles. The molecule has 28 heavy (non-hydrogen) atoms. The second kappa shape index (κ2) is 10.5. The van der Waals surface area contributed by atoms with Gasteiger partial charge in [0, 0.05) is 37.9 Å². The van der Waals surface area contributed by atoms with Gasteiger partial charge < -0.3 is 14.8 Å². The lowest BCUT2D eigenvalue weighted by molar-refractivity contribution is -0.120. The summed E-state index contributed by atoms with van der Waals surface area (Å²) < 4.78 is 1.95. The van der Waals surface area contributed by atoms with Crippen LogP contribution in [0.15, 0.2) is 29.4 Å². The summed E-state index contributed by atoms with van der Waals surface area (Å²) in [6, 6.07) is 8.39. The Morgan fingerprint density at radius 3 is 2.36 bits per heavy atom. The van der Waals surface area contributed by atoms with Crippen LogP contribution in [-0.2, 0) is 11.8 Å². The van der Waals surface area contributed by atoms with Crippen molar-refractivity contribution in [3.63, 3.8) is 0 Å². The predicted molar refractivity (Wildman–Crippen MR) is 118 cm³/mol. The van der Waals surface area contributed by atoms with E-state index < -0.39 is 0 Å². The summed E-state index contributed by atoms with van der Waals surface area (Å²) in [5, 5.41) is 12.2. The molecule has 1 aromatic carbocycles. The highest BCUT2D eigenvalue weighted by Gasteiger charge is 2.19. The molecule has 0 saturated heterocycles. The van der Waals surface area contributed by atoms with E-state index in [1.807, 2.05) is 18.5 Å². The summed E-state index contributed by atoms with van der Waals surface area (Å²) in [4.78, 5) is 14.6. The van der Waals surface area contributed by atoms with E-state index in [9.17, 15) is 4.79 Å². The van der Waals surface area contributed by atoms with Crippen LogP contribution in [0.25, 0.3) is 11.4 Å². The molecule has 0 fully saturated rings. The molecular formula is C21H33N5OS. The Balaban J connectivity index is 2.04. The first-order valence-electron chi connectivity index (χ1n) is 10.1. The van der Waals surface area contributed by atoms with Gasteiger partial charge in [-0.3, -0.25) is 4.79 Å². The van der Waals surface area contributed by atoms with Crippen LogP contribution in [0.1, 0.15) is 41.0 Å². The number of nitrogens with zero attached hydrogens (tertiary/aromatic N) is 4. The molecular weight excluding hydrogens is 370 g/mol. The van der Waals surface area contributed by atoms with Crippen LogP contribution in [0.5, 0.6) is 0 Å². The van der Waals surface area contributed by atoms with Crippen LogP contribution in [0.4, 0.5) is 5.69 Å². The lowest BCUT2D eigenvalue weighted by Gasteiger charge is -2.21. The minimum atomic E-state index is -0.215. The third-order valence-corrected chi connectivity index (χ3v) is 5.90. The minimum absolute atomic E-state index is 0.0405. The van der Waals surface area contributed by atoms with Crippen molar-refractivity contribution in [3.8, 4) is 11.4 Å². The number of hydrogen-bond acceptors (Lipinski definition) is 5. The first-order chi connectivity index (χ1) is 13.4. The van der Waals surface area contributed by atoms with Crippen LogP contribution in [0, 0.1) is 5.92 Å². The van der Waals surface area contributed by atoms with Gasteiger partial charge in [-0.25, -0.2) is 0 Å². The molecule has 1 heterocycles. The second-order valence-electron chi connectivity index (χ2n) is 7.32. The molecule has 0 aliphatic heterocycles. The van der Waals surface area contributed by atoms with Gasteiger partial charge in [0.15, 0.2) is 11.0 Å². The monoisotopic (exact) mass is 403 g/mol. The fourth-order valence-electron chi connectivity index (χ4n) is 2.92. The molecule has 1 amide bonds. The molecule has 154 valence electrons. The van der Waals surface area contributed by atoms with Gasteiger partial charge in [-0.15, -0.1) is 10.2 Å². The molecule has 7 heteroatoms. The third kappa shape index (κ3) is 5.74. The van der Waals surface area contributed by atoms with Gasteiger partial charge >= 0.3 is 0 Å². The minimum Gasteiger partial charge on any atom is -0.372 e. The number of nitrogens with one attached hydrogen (secondary N) is 1. The largest absolute Gasteiger partial charge is 0.372 e. The molecule has 0 radical (unpaired) electrons. The zero-order valence-corrected chi connectivity index (χ0v) is 18.7. The maximum atomic E-state index is 12.3. The summed E-state index contributed by atoms with van der Waals surface area (Å²) in [6.07, 6.45) is 0.987. The number of amides is 1. The van der Waals surface area contributed by atoms with E-state index in [1.54, 1.807) is 0 Å². The van der Waals surface area contributed by atoms with Crippen LogP contribution in [0.2, 0.25) is 0 Å². The van der Waals surface area contributed by atoms with E-state index in [-0.39, 0.29) is 11.2 Å². The van der Waals surface area contributed by atoms with Gasteiger partial charge in [-0.2, -0.15) is 0 Å². The molecule has 2 rings (SSSR count). The van der Waals surface area contributed by atoms with Crippen molar-refractivity contribution in [3.05, 3.63) is 24.3 Å². The third-order valence-electron chi connectivity index (χ3n) is 4.76. The number of benzene rings is 1. The Labute approximate surface area is 173 Å². The summed E-state index contributed by atoms with van der Waals surface area (Å²) in [6.45, 7) is 13.2. The SMILES string of the molecule is CCN(CC)c1ccc(-c2nnc(SC(C)C(=O)NCCC(C)C)n2C)cc1. The van der Waals surface area contributed by atoms with E-state index in [4.69, 9.17) is 0 Å². The van der Waals surface area contributed by atoms with E-state index in [0.717, 1.165) is 36.1 Å². The Morgan fingerprint density at radius 2 is 1.79 bits per heavy atom. The molecule has 6 nitrogen and oxygen atoms in total. The van der Waals surface area contributed by atoms with Crippen molar-refractivity contribution in [1.29, 1.82) is 0 Å². The van der Waals surface area contributed by atoms with Crippen molar-refractivity contribution in [1.82, 2.24) is 20.1 Å². The molecule has 1 unspecified atom stereocenters. The number of hydrogen-bond donors (Lipinski definition) is 1. The molecule has 0 aliphatic rings. The Morgan fingerprint density at radius 1 is 1.14 bits per heavy atom. The van der Waals surface area contributed by atoms with Crippen LogP contribution in [-0.4, -0.2) is 45.6 Å². The molecule has 1 N–H and O–H groups in total. The number of rotatable bonds is 10. The fraction of sp³-hybridized carbons (Fsp3) is 0.571. The Bertz CT molecular complexity index is 753. The van der Waals surface area contributed by atoms with Gasteiger partial charge in [-0.05, 0) is 57.4 Å². The first kappa shape index (κ1) is 22.3. The highest BCUT2D eigenvalue weighted by Crippen LogP contribution is 2.27. The van der Waals surface area contributed by atoms with E-state index in [1.165, 1.54) is 17.4 Å². The summed E-state index contributed by atoms with van der Waals surface area (Å²) in [5.74, 6) is 1.43. The number of thioether (sulfide) groups is 1. The molecule has 0 aliphatic carbocycles. The maximum absolute atomic E-state index is 12.3. The van der Waals surface area contributed by atoms with Gasteiger partial charge in [-0.1, -0.05) is 25.6 Å². The Hall–Kier alpha value is -2.02. The summed E-state index contributed by atoms with van der Waals surface area (Å²) in [5.41, 5.74) is 2.23. The quantitative estimate of drug-likeness (QED) is 0.608. The lowest BCUT2D eigenvalue weighted by atomic mass is 10.1. The second-order valence-corrected chi connectivity index (χ2v) is 8.63. The number of carbonyl (C=O) groups excluding carboxylic acids is 1. The van der Waals surface area contributed by atoms with E-state index in [0.29, 0.717) is 12.5 Å². The van der Waals surface area contributed by atoms with Gasteiger partial charge in [0.05, 0.1) is 5.25 Å². The van der Waals surface area contributed by atoms with E-state index >= 15 is 0 Å². The average Bonchev–Trinajstić information content (AvgIpc) is 3.03. The van der Waals surface area contributed by atoms with Crippen molar-refractivity contribution in [2.75, 3.05) is 24.5 Å². The van der Waals surface area contributed by atoms with Crippen molar-refractivity contribution >= 4 is 23.4 Å². The first-order valence-corrected chi connectivity index (χ1v) is 10.9. The van der Waals surface area contributed by atoms with E-state index in [2.05, 4.69) is 72.4 Å². The lowest BCUT2D eigenvalue weighted by Crippen LogP contribution is -2.32. The van der Waals surface area contributed by atoms with Gasteiger partial charge in [0.1, 0.15) is 0 Å². The standard InChI is InChI=1S/C21H33N5OS/c1-7-26(8-2)18-11-9-17(10-12-18)19-23-24-21(25(19)6)28-16(5)20(27)22-14-13-15(3)4/h9-12,15-16H,7-8,13-14H2,1-6H3,(H,22,27). The number of aromatic nitrogens is 3. The molecule has 0 spiro atoms. The van der Waals surface area contributed by atoms with Crippen LogP contribution >= 0.6 is 11.8 Å². The zero-order chi connectivity index (χ0) is 20.7. The van der Waals surface area contributed by atoms with Gasteiger partial charge in [0.25, 0.3) is 0 Å². The van der Waals surface area contributed by atoms with Crippen molar-refractivity contribution in [2.24, 2.45) is 13.0 Å². The molecule has 2 aromatic rings. The predicted octanol–water partition coefficient (Wildman–Crippen LogP) is 3.97. The van der Waals surface area contributed by atoms with Crippen LogP contribution < -0.4 is 10.2 Å². The highest BCUT2D eigenvalue weighted by molar-refractivity contribution is 8.00. The molecule has 0 saturated carbocycles. The highest BCUT2D eigenvalue weighted by atomic mass is 32.2. The fourth-order valence-corrected chi connectivity index (χ4v) is 3.76. The maximum Gasteiger partial charge on any atom is 0.233 e. The number of carbonyl (C=O) groups is 1. The molecule has 1 atom stereocenters. The normalized spacial score (nSPS) is 12.2. The van der Waals surface area contributed by atoms with Gasteiger partial charge in [0.2, 0.25) is 5.91 Å². The zero-order valence-electron chi connectivity index (χ0n) is 17.9. The average molecular weight is 404 g/mol. The number of anilines is 1. The van der Waals surface area contributed by atoms with Crippen LogP contribution in [0.3, 0.4) is 0 Å². The molecule has 0 bridgehead atoms. The Kier molecular flexibility index (Phi) is 8.35. The summed E-state index contributed by atoms with van der Waals surface area (Å²) >= 11 is 1.44.